The Labute approximate surface area is 201 Å². The third kappa shape index (κ3) is 6.64. The molecule has 0 bridgehead atoms. The number of ether oxygens (including phenoxy) is 1. The molecule has 3 aromatic carbocycles. The molecule has 0 radical (unpaired) electrons. The van der Waals surface area contributed by atoms with Crippen molar-refractivity contribution in [2.75, 3.05) is 39.3 Å². The predicted molar refractivity (Wildman–Crippen MR) is 136 cm³/mol. The first-order valence-electron chi connectivity index (χ1n) is 11.8. The molecule has 3 aromatic rings. The van der Waals surface area contributed by atoms with Crippen LogP contribution < -0.4 is 0 Å². The Morgan fingerprint density at radius 3 is 1.88 bits per heavy atom. The molecule has 0 amide bonds. The van der Waals surface area contributed by atoms with Gasteiger partial charge in [0, 0.05) is 32.7 Å². The molecule has 1 aliphatic heterocycles. The monoisotopic (exact) mass is 456 g/mol. The van der Waals surface area contributed by atoms with Crippen molar-refractivity contribution in [1.29, 1.82) is 0 Å². The summed E-state index contributed by atoms with van der Waals surface area (Å²) in [6, 6.07) is 29.8. The number of carboxylic acids is 1. The van der Waals surface area contributed by atoms with Crippen LogP contribution in [0, 0.1) is 0 Å². The first-order valence-corrected chi connectivity index (χ1v) is 11.8. The van der Waals surface area contributed by atoms with Crippen LogP contribution in [0.5, 0.6) is 0 Å². The molecule has 1 heterocycles. The minimum absolute atomic E-state index is 0.0943. The van der Waals surface area contributed by atoms with Crippen LogP contribution in [-0.4, -0.2) is 66.2 Å². The summed E-state index contributed by atoms with van der Waals surface area (Å²) in [4.78, 5) is 16.3. The van der Waals surface area contributed by atoms with E-state index < -0.39 is 12.0 Å². The molecule has 176 valence electrons. The van der Waals surface area contributed by atoms with Crippen LogP contribution in [0.25, 0.3) is 6.08 Å². The standard InChI is InChI=1S/C29H32N2O3/c32-29(33)27(17-16-24-10-4-1-5-11-24)31-20-18-30(19-21-31)22-23-34-28(25-12-6-2-7-13-25)26-14-8-3-9-15-26/h1-17,27-28H,18-23H2,(H,32,33). The average molecular weight is 457 g/mol. The van der Waals surface area contributed by atoms with Crippen LogP contribution >= 0.6 is 0 Å². The lowest BCUT2D eigenvalue weighted by atomic mass is 10.0. The maximum Gasteiger partial charge on any atom is 0.324 e. The van der Waals surface area contributed by atoms with E-state index in [0.29, 0.717) is 6.61 Å². The number of carboxylic acid groups (broad SMARTS) is 1. The van der Waals surface area contributed by atoms with Crippen molar-refractivity contribution >= 4 is 12.0 Å². The number of aliphatic carboxylic acids is 1. The van der Waals surface area contributed by atoms with Crippen LogP contribution in [-0.2, 0) is 9.53 Å². The van der Waals surface area contributed by atoms with E-state index in [4.69, 9.17) is 4.74 Å². The maximum atomic E-state index is 11.9. The Balaban J connectivity index is 1.29. The number of rotatable bonds is 10. The maximum absolute atomic E-state index is 11.9. The van der Waals surface area contributed by atoms with Gasteiger partial charge in [-0.2, -0.15) is 0 Å². The normalized spacial score (nSPS) is 16.1. The van der Waals surface area contributed by atoms with Gasteiger partial charge in [0.25, 0.3) is 0 Å². The topological polar surface area (TPSA) is 53.0 Å². The molecule has 1 fully saturated rings. The molecule has 1 aliphatic rings. The number of hydrogen-bond donors (Lipinski definition) is 1. The largest absolute Gasteiger partial charge is 0.480 e. The highest BCUT2D eigenvalue weighted by Crippen LogP contribution is 2.25. The van der Waals surface area contributed by atoms with Gasteiger partial charge in [-0.1, -0.05) is 103 Å². The fraction of sp³-hybridized carbons (Fsp3) is 0.276. The van der Waals surface area contributed by atoms with Crippen LogP contribution in [0.15, 0.2) is 97.1 Å². The highest BCUT2D eigenvalue weighted by molar-refractivity contribution is 5.77. The molecule has 1 atom stereocenters. The number of carbonyl (C=O) groups is 1. The zero-order chi connectivity index (χ0) is 23.6. The van der Waals surface area contributed by atoms with Crippen LogP contribution in [0.1, 0.15) is 22.8 Å². The summed E-state index contributed by atoms with van der Waals surface area (Å²) in [7, 11) is 0. The zero-order valence-corrected chi connectivity index (χ0v) is 19.4. The van der Waals surface area contributed by atoms with Gasteiger partial charge < -0.3 is 9.84 Å². The number of benzene rings is 3. The molecule has 5 heteroatoms. The number of hydrogen-bond acceptors (Lipinski definition) is 4. The first-order chi connectivity index (χ1) is 16.7. The lowest BCUT2D eigenvalue weighted by Crippen LogP contribution is -2.52. The second-order valence-electron chi connectivity index (χ2n) is 8.50. The molecule has 0 saturated carbocycles. The third-order valence-corrected chi connectivity index (χ3v) is 6.22. The van der Waals surface area contributed by atoms with Crippen molar-refractivity contribution in [3.63, 3.8) is 0 Å². The fourth-order valence-corrected chi connectivity index (χ4v) is 4.33. The zero-order valence-electron chi connectivity index (χ0n) is 19.4. The molecule has 0 spiro atoms. The third-order valence-electron chi connectivity index (χ3n) is 6.22. The van der Waals surface area contributed by atoms with E-state index in [2.05, 4.69) is 29.2 Å². The predicted octanol–water partition coefficient (Wildman–Crippen LogP) is 4.58. The van der Waals surface area contributed by atoms with E-state index >= 15 is 0 Å². The molecular formula is C29H32N2O3. The van der Waals surface area contributed by atoms with E-state index in [-0.39, 0.29) is 6.10 Å². The van der Waals surface area contributed by atoms with Gasteiger partial charge in [-0.05, 0) is 16.7 Å². The molecule has 1 N–H and O–H groups in total. The van der Waals surface area contributed by atoms with Crippen molar-refractivity contribution in [2.45, 2.75) is 12.1 Å². The molecule has 4 rings (SSSR count). The second-order valence-corrected chi connectivity index (χ2v) is 8.50. The Morgan fingerprint density at radius 2 is 1.35 bits per heavy atom. The van der Waals surface area contributed by atoms with Gasteiger partial charge >= 0.3 is 5.97 Å². The summed E-state index contributed by atoms with van der Waals surface area (Å²) in [5.41, 5.74) is 3.30. The fourth-order valence-electron chi connectivity index (χ4n) is 4.33. The smallest absolute Gasteiger partial charge is 0.324 e. The van der Waals surface area contributed by atoms with Gasteiger partial charge in [-0.3, -0.25) is 14.6 Å². The van der Waals surface area contributed by atoms with E-state index in [0.717, 1.165) is 49.4 Å². The molecule has 1 saturated heterocycles. The summed E-state index contributed by atoms with van der Waals surface area (Å²) in [5, 5.41) is 9.76. The van der Waals surface area contributed by atoms with Gasteiger partial charge in [-0.15, -0.1) is 0 Å². The molecular weight excluding hydrogens is 424 g/mol. The summed E-state index contributed by atoms with van der Waals surface area (Å²) in [6.45, 7) is 4.53. The van der Waals surface area contributed by atoms with Gasteiger partial charge in [0.15, 0.2) is 0 Å². The minimum Gasteiger partial charge on any atom is -0.480 e. The molecule has 5 nitrogen and oxygen atoms in total. The quantitative estimate of drug-likeness (QED) is 0.484. The average Bonchev–Trinajstić information content (AvgIpc) is 2.89. The van der Waals surface area contributed by atoms with Gasteiger partial charge in [-0.25, -0.2) is 0 Å². The SMILES string of the molecule is O=C(O)C(C=Cc1ccccc1)N1CCN(CCOC(c2ccccc2)c2ccccc2)CC1. The summed E-state index contributed by atoms with van der Waals surface area (Å²) in [6.07, 6.45) is 3.59. The number of piperazine rings is 1. The molecule has 1 unspecified atom stereocenters. The van der Waals surface area contributed by atoms with Gasteiger partial charge in [0.2, 0.25) is 0 Å². The van der Waals surface area contributed by atoms with E-state index in [1.165, 1.54) is 0 Å². The lowest BCUT2D eigenvalue weighted by Gasteiger charge is -2.37. The minimum atomic E-state index is -0.808. The Kier molecular flexibility index (Phi) is 8.63. The Bertz CT molecular complexity index is 993. The molecule has 0 aromatic heterocycles. The van der Waals surface area contributed by atoms with Crippen molar-refractivity contribution in [3.05, 3.63) is 114 Å². The second kappa shape index (κ2) is 12.3. The van der Waals surface area contributed by atoms with Crippen molar-refractivity contribution in [3.8, 4) is 0 Å². The summed E-state index contributed by atoms with van der Waals surface area (Å²) in [5.74, 6) is -0.808. The van der Waals surface area contributed by atoms with Crippen molar-refractivity contribution in [2.24, 2.45) is 0 Å². The highest BCUT2D eigenvalue weighted by atomic mass is 16.5. The van der Waals surface area contributed by atoms with E-state index in [9.17, 15) is 9.90 Å². The van der Waals surface area contributed by atoms with Crippen molar-refractivity contribution < 1.29 is 14.6 Å². The van der Waals surface area contributed by atoms with Crippen LogP contribution in [0.4, 0.5) is 0 Å². The van der Waals surface area contributed by atoms with E-state index in [1.54, 1.807) is 6.08 Å². The summed E-state index contributed by atoms with van der Waals surface area (Å²) < 4.78 is 6.36. The molecule has 0 aliphatic carbocycles. The van der Waals surface area contributed by atoms with Gasteiger partial charge in [0.1, 0.15) is 12.1 Å². The Hall–Kier alpha value is -3.25. The molecule has 34 heavy (non-hydrogen) atoms. The summed E-state index contributed by atoms with van der Waals surface area (Å²) >= 11 is 0. The lowest BCUT2D eigenvalue weighted by molar-refractivity contribution is -0.142. The first kappa shape index (κ1) is 23.9. The van der Waals surface area contributed by atoms with Crippen molar-refractivity contribution in [1.82, 2.24) is 9.80 Å². The van der Waals surface area contributed by atoms with E-state index in [1.807, 2.05) is 77.7 Å². The van der Waals surface area contributed by atoms with Crippen LogP contribution in [0.2, 0.25) is 0 Å². The van der Waals surface area contributed by atoms with Gasteiger partial charge in [0.05, 0.1) is 6.61 Å². The number of nitrogens with zero attached hydrogens (tertiary/aromatic N) is 2. The van der Waals surface area contributed by atoms with Crippen LogP contribution in [0.3, 0.4) is 0 Å². The Morgan fingerprint density at radius 1 is 0.824 bits per heavy atom. The highest BCUT2D eigenvalue weighted by Gasteiger charge is 2.27.